The SMILES string of the molecule is Cl.NCC1CCCCN1Cc1nnnn1-c1ccccc1. The number of rotatable bonds is 4. The molecule has 114 valence electrons. The Bertz CT molecular complexity index is 543. The molecular formula is C14H21ClN6. The Morgan fingerprint density at radius 1 is 1.19 bits per heavy atom. The van der Waals surface area contributed by atoms with Crippen LogP contribution < -0.4 is 5.73 Å². The predicted octanol–water partition coefficient (Wildman–Crippen LogP) is 1.40. The molecule has 2 heterocycles. The van der Waals surface area contributed by atoms with Crippen molar-refractivity contribution in [2.45, 2.75) is 31.8 Å². The topological polar surface area (TPSA) is 72.9 Å². The number of hydrogen-bond acceptors (Lipinski definition) is 5. The maximum atomic E-state index is 5.87. The van der Waals surface area contributed by atoms with Crippen molar-refractivity contribution < 1.29 is 0 Å². The summed E-state index contributed by atoms with van der Waals surface area (Å²) in [6.07, 6.45) is 3.66. The van der Waals surface area contributed by atoms with Crippen LogP contribution in [-0.4, -0.2) is 44.2 Å². The molecule has 1 aromatic carbocycles. The third kappa shape index (κ3) is 3.58. The second kappa shape index (κ2) is 7.49. The molecule has 0 bridgehead atoms. The Morgan fingerprint density at radius 2 is 2.00 bits per heavy atom. The van der Waals surface area contributed by atoms with E-state index in [0.29, 0.717) is 12.6 Å². The lowest BCUT2D eigenvalue weighted by Gasteiger charge is -2.34. The van der Waals surface area contributed by atoms with Gasteiger partial charge in [-0.1, -0.05) is 24.6 Å². The summed E-state index contributed by atoms with van der Waals surface area (Å²) >= 11 is 0. The van der Waals surface area contributed by atoms with Crippen LogP contribution in [0, 0.1) is 0 Å². The molecule has 0 amide bonds. The minimum Gasteiger partial charge on any atom is -0.329 e. The van der Waals surface area contributed by atoms with Crippen LogP contribution in [-0.2, 0) is 6.54 Å². The third-order valence-corrected chi connectivity index (χ3v) is 3.90. The highest BCUT2D eigenvalue weighted by molar-refractivity contribution is 5.85. The first-order valence-corrected chi connectivity index (χ1v) is 7.15. The number of aromatic nitrogens is 4. The van der Waals surface area contributed by atoms with Gasteiger partial charge in [0, 0.05) is 12.6 Å². The Balaban J connectivity index is 0.00000161. The van der Waals surface area contributed by atoms with E-state index in [9.17, 15) is 0 Å². The first-order chi connectivity index (χ1) is 9.88. The summed E-state index contributed by atoms with van der Waals surface area (Å²) in [5.74, 6) is 0.872. The van der Waals surface area contributed by atoms with Crippen molar-refractivity contribution >= 4 is 12.4 Å². The van der Waals surface area contributed by atoms with Gasteiger partial charge in [0.05, 0.1) is 12.2 Å². The van der Waals surface area contributed by atoms with Gasteiger partial charge < -0.3 is 5.73 Å². The van der Waals surface area contributed by atoms with E-state index in [2.05, 4.69) is 20.4 Å². The fourth-order valence-electron chi connectivity index (χ4n) is 2.79. The number of likely N-dealkylation sites (tertiary alicyclic amines) is 1. The van der Waals surface area contributed by atoms with Gasteiger partial charge in [-0.25, -0.2) is 0 Å². The minimum absolute atomic E-state index is 0. The molecule has 1 unspecified atom stereocenters. The lowest BCUT2D eigenvalue weighted by atomic mass is 10.0. The molecule has 2 aromatic rings. The van der Waals surface area contributed by atoms with Crippen LogP contribution >= 0.6 is 12.4 Å². The zero-order valence-electron chi connectivity index (χ0n) is 11.9. The van der Waals surface area contributed by atoms with Crippen LogP contribution in [0.3, 0.4) is 0 Å². The van der Waals surface area contributed by atoms with E-state index in [1.165, 1.54) is 19.3 Å². The number of para-hydroxylation sites is 1. The van der Waals surface area contributed by atoms with E-state index in [0.717, 1.165) is 24.6 Å². The highest BCUT2D eigenvalue weighted by Gasteiger charge is 2.23. The van der Waals surface area contributed by atoms with Crippen LogP contribution in [0.4, 0.5) is 0 Å². The van der Waals surface area contributed by atoms with Crippen LogP contribution in [0.5, 0.6) is 0 Å². The minimum atomic E-state index is 0. The van der Waals surface area contributed by atoms with Crippen molar-refractivity contribution in [1.82, 2.24) is 25.1 Å². The van der Waals surface area contributed by atoms with Gasteiger partial charge in [-0.15, -0.1) is 17.5 Å². The van der Waals surface area contributed by atoms with E-state index in [1.807, 2.05) is 35.0 Å². The molecule has 7 heteroatoms. The molecule has 21 heavy (non-hydrogen) atoms. The summed E-state index contributed by atoms with van der Waals surface area (Å²) in [6, 6.07) is 10.4. The molecule has 1 saturated heterocycles. The number of nitrogens with zero attached hydrogens (tertiary/aromatic N) is 5. The molecule has 2 N–H and O–H groups in total. The first kappa shape index (κ1) is 15.9. The van der Waals surface area contributed by atoms with E-state index in [4.69, 9.17) is 5.73 Å². The van der Waals surface area contributed by atoms with Crippen LogP contribution in [0.2, 0.25) is 0 Å². The molecule has 1 fully saturated rings. The fourth-order valence-corrected chi connectivity index (χ4v) is 2.79. The highest BCUT2D eigenvalue weighted by atomic mass is 35.5. The summed E-state index contributed by atoms with van der Waals surface area (Å²) in [5.41, 5.74) is 6.87. The molecule has 0 radical (unpaired) electrons. The van der Waals surface area contributed by atoms with Gasteiger partial charge in [0.15, 0.2) is 5.82 Å². The summed E-state index contributed by atoms with van der Waals surface area (Å²) in [6.45, 7) is 2.53. The maximum absolute atomic E-state index is 5.87. The monoisotopic (exact) mass is 308 g/mol. The van der Waals surface area contributed by atoms with Gasteiger partial charge in [0.2, 0.25) is 0 Å². The highest BCUT2D eigenvalue weighted by Crippen LogP contribution is 2.18. The standard InChI is InChI=1S/C14H20N6.ClH/c15-10-13-8-4-5-9-19(13)11-14-16-17-18-20(14)12-6-2-1-3-7-12;/h1-3,6-7,13H,4-5,8-11,15H2;1H. The average molecular weight is 309 g/mol. The summed E-state index contributed by atoms with van der Waals surface area (Å²) in [7, 11) is 0. The smallest absolute Gasteiger partial charge is 0.170 e. The van der Waals surface area contributed by atoms with E-state index < -0.39 is 0 Å². The lowest BCUT2D eigenvalue weighted by Crippen LogP contribution is -2.43. The molecule has 6 nitrogen and oxygen atoms in total. The zero-order chi connectivity index (χ0) is 13.8. The summed E-state index contributed by atoms with van der Waals surface area (Å²) < 4.78 is 1.81. The van der Waals surface area contributed by atoms with Crippen LogP contribution in [0.1, 0.15) is 25.1 Å². The van der Waals surface area contributed by atoms with Crippen LogP contribution in [0.15, 0.2) is 30.3 Å². The Hall–Kier alpha value is -1.50. The Morgan fingerprint density at radius 3 is 2.76 bits per heavy atom. The molecule has 1 atom stereocenters. The normalized spacial score (nSPS) is 19.2. The Labute approximate surface area is 130 Å². The maximum Gasteiger partial charge on any atom is 0.170 e. The number of benzene rings is 1. The van der Waals surface area contributed by atoms with Crippen molar-refractivity contribution in [1.29, 1.82) is 0 Å². The molecule has 1 aliphatic heterocycles. The molecule has 3 rings (SSSR count). The predicted molar refractivity (Wildman–Crippen MR) is 83.5 cm³/mol. The molecular weight excluding hydrogens is 288 g/mol. The molecule has 0 saturated carbocycles. The van der Waals surface area contributed by atoms with E-state index in [-0.39, 0.29) is 12.4 Å². The third-order valence-electron chi connectivity index (χ3n) is 3.90. The average Bonchev–Trinajstić information content (AvgIpc) is 2.97. The molecule has 0 aliphatic carbocycles. The fraction of sp³-hybridized carbons (Fsp3) is 0.500. The summed E-state index contributed by atoms with van der Waals surface area (Å²) in [5, 5.41) is 12.1. The number of piperidine rings is 1. The number of tetrazole rings is 1. The lowest BCUT2D eigenvalue weighted by molar-refractivity contribution is 0.140. The second-order valence-electron chi connectivity index (χ2n) is 5.20. The second-order valence-corrected chi connectivity index (χ2v) is 5.20. The summed E-state index contributed by atoms with van der Waals surface area (Å²) in [4.78, 5) is 2.40. The van der Waals surface area contributed by atoms with Crippen molar-refractivity contribution in [3.05, 3.63) is 36.2 Å². The zero-order valence-corrected chi connectivity index (χ0v) is 12.7. The van der Waals surface area contributed by atoms with E-state index in [1.54, 1.807) is 0 Å². The Kier molecular flexibility index (Phi) is 5.67. The molecule has 0 spiro atoms. The van der Waals surface area contributed by atoms with Gasteiger partial charge in [-0.3, -0.25) is 4.90 Å². The molecule has 1 aromatic heterocycles. The first-order valence-electron chi connectivity index (χ1n) is 7.15. The number of nitrogens with two attached hydrogens (primary N) is 1. The van der Waals surface area contributed by atoms with Crippen molar-refractivity contribution in [3.8, 4) is 5.69 Å². The van der Waals surface area contributed by atoms with Gasteiger partial charge in [-0.05, 0) is 41.9 Å². The van der Waals surface area contributed by atoms with Gasteiger partial charge in [-0.2, -0.15) is 4.68 Å². The van der Waals surface area contributed by atoms with Gasteiger partial charge >= 0.3 is 0 Å². The quantitative estimate of drug-likeness (QED) is 0.924. The van der Waals surface area contributed by atoms with Crippen molar-refractivity contribution in [3.63, 3.8) is 0 Å². The molecule has 1 aliphatic rings. The van der Waals surface area contributed by atoms with Crippen molar-refractivity contribution in [2.75, 3.05) is 13.1 Å². The van der Waals surface area contributed by atoms with Crippen molar-refractivity contribution in [2.24, 2.45) is 5.73 Å². The number of hydrogen-bond donors (Lipinski definition) is 1. The largest absolute Gasteiger partial charge is 0.329 e. The number of halogens is 1. The van der Waals surface area contributed by atoms with Gasteiger partial charge in [0.25, 0.3) is 0 Å². The van der Waals surface area contributed by atoms with Crippen LogP contribution in [0.25, 0.3) is 5.69 Å². The van der Waals surface area contributed by atoms with Gasteiger partial charge in [0.1, 0.15) is 0 Å². The van der Waals surface area contributed by atoms with E-state index >= 15 is 0 Å².